The van der Waals surface area contributed by atoms with E-state index in [0.29, 0.717) is 18.0 Å². The number of amides is 1. The monoisotopic (exact) mass is 511 g/mol. The Balaban J connectivity index is 1.34. The maximum absolute atomic E-state index is 11.7. The highest BCUT2D eigenvalue weighted by atomic mass is 32.2. The standard InChI is InChI=1S/C24H29N7O4S/c1-36(34,35)21-10-8-20(9-11-21)31-14-12-18-15-25-24(28-23(18)31)27-19-16-26-30(17-19)13-6-4-2-3-5-7-22(32)29-33/h8-12,14-17,33H,2-7,13H2,1H3,(H,29,32)(H,25,27,28). The summed E-state index contributed by atoms with van der Waals surface area (Å²) in [5, 5.41) is 16.9. The van der Waals surface area contributed by atoms with Crippen LogP contribution in [0.2, 0.25) is 0 Å². The van der Waals surface area contributed by atoms with Gasteiger partial charge in [-0.2, -0.15) is 10.1 Å². The lowest BCUT2D eigenvalue weighted by molar-refractivity contribution is -0.129. The molecule has 1 amide bonds. The number of nitrogens with one attached hydrogen (secondary N) is 2. The van der Waals surface area contributed by atoms with Crippen LogP contribution in [0.15, 0.2) is 60.0 Å². The number of hydrogen-bond donors (Lipinski definition) is 3. The van der Waals surface area contributed by atoms with Gasteiger partial charge in [-0.1, -0.05) is 19.3 Å². The second-order valence-corrected chi connectivity index (χ2v) is 10.6. The van der Waals surface area contributed by atoms with Gasteiger partial charge in [-0.15, -0.1) is 0 Å². The van der Waals surface area contributed by atoms with Gasteiger partial charge in [-0.25, -0.2) is 18.9 Å². The molecule has 0 fully saturated rings. The third kappa shape index (κ3) is 6.46. The molecule has 36 heavy (non-hydrogen) atoms. The Hall–Kier alpha value is -3.77. The Morgan fingerprint density at radius 1 is 1.03 bits per heavy atom. The van der Waals surface area contributed by atoms with Gasteiger partial charge in [0.2, 0.25) is 11.9 Å². The molecule has 0 saturated heterocycles. The number of carbonyl (C=O) groups excluding carboxylic acids is 1. The van der Waals surface area contributed by atoms with Crippen molar-refractivity contribution in [2.45, 2.75) is 50.0 Å². The highest BCUT2D eigenvalue weighted by Crippen LogP contribution is 2.22. The van der Waals surface area contributed by atoms with E-state index in [1.165, 1.54) is 6.26 Å². The number of benzene rings is 1. The predicted octanol–water partition coefficient (Wildman–Crippen LogP) is 3.61. The molecule has 4 rings (SSSR count). The van der Waals surface area contributed by atoms with Crippen molar-refractivity contribution >= 4 is 38.4 Å². The van der Waals surface area contributed by atoms with Crippen molar-refractivity contribution < 1.29 is 18.4 Å². The lowest BCUT2D eigenvalue weighted by Crippen LogP contribution is -2.17. The van der Waals surface area contributed by atoms with Crippen LogP contribution in [0.25, 0.3) is 16.7 Å². The van der Waals surface area contributed by atoms with Crippen LogP contribution in [0, 0.1) is 0 Å². The smallest absolute Gasteiger partial charge is 0.243 e. The summed E-state index contributed by atoms with van der Waals surface area (Å²) < 4.78 is 27.2. The van der Waals surface area contributed by atoms with Crippen molar-refractivity contribution in [1.82, 2.24) is 29.8 Å². The fourth-order valence-corrected chi connectivity index (χ4v) is 4.50. The number of aromatic nitrogens is 5. The number of rotatable bonds is 12. The van der Waals surface area contributed by atoms with E-state index in [0.717, 1.165) is 55.4 Å². The van der Waals surface area contributed by atoms with Crippen molar-refractivity contribution in [3.63, 3.8) is 0 Å². The van der Waals surface area contributed by atoms with Crippen molar-refractivity contribution in [2.75, 3.05) is 11.6 Å². The SMILES string of the molecule is CS(=O)(=O)c1ccc(-n2ccc3cnc(Nc4cnn(CCCCCCCC(=O)NO)c4)nc32)cc1. The third-order valence-corrected chi connectivity index (χ3v) is 6.90. The van der Waals surface area contributed by atoms with Gasteiger partial charge in [0.25, 0.3) is 0 Å². The zero-order valence-corrected chi connectivity index (χ0v) is 20.8. The first-order valence-electron chi connectivity index (χ1n) is 11.7. The van der Waals surface area contributed by atoms with Crippen molar-refractivity contribution in [1.29, 1.82) is 0 Å². The van der Waals surface area contributed by atoms with Crippen LogP contribution in [0.5, 0.6) is 0 Å². The van der Waals surface area contributed by atoms with E-state index in [1.807, 2.05) is 27.7 Å². The van der Waals surface area contributed by atoms with Crippen LogP contribution in [0.3, 0.4) is 0 Å². The van der Waals surface area contributed by atoms with Gasteiger partial charge in [0, 0.05) is 48.9 Å². The van der Waals surface area contributed by atoms with E-state index in [1.54, 1.807) is 42.1 Å². The summed E-state index contributed by atoms with van der Waals surface area (Å²) in [6.45, 7) is 0.783. The molecule has 0 aliphatic carbocycles. The van der Waals surface area contributed by atoms with Crippen LogP contribution >= 0.6 is 0 Å². The molecule has 0 radical (unpaired) electrons. The number of sulfone groups is 1. The van der Waals surface area contributed by atoms with Crippen molar-refractivity contribution in [3.8, 4) is 5.69 Å². The molecule has 0 saturated carbocycles. The Morgan fingerprint density at radius 2 is 1.78 bits per heavy atom. The molecule has 0 unspecified atom stereocenters. The highest BCUT2D eigenvalue weighted by Gasteiger charge is 2.11. The number of aryl methyl sites for hydroxylation is 1. The first kappa shape index (κ1) is 25.3. The number of nitrogens with zero attached hydrogens (tertiary/aromatic N) is 5. The van der Waals surface area contributed by atoms with Crippen LogP contribution in [-0.2, 0) is 21.2 Å². The Labute approximate surface area is 209 Å². The lowest BCUT2D eigenvalue weighted by atomic mass is 10.1. The van der Waals surface area contributed by atoms with Gasteiger partial charge in [0.15, 0.2) is 9.84 Å². The summed E-state index contributed by atoms with van der Waals surface area (Å²) >= 11 is 0. The molecule has 3 aromatic heterocycles. The van der Waals surface area contributed by atoms with E-state index >= 15 is 0 Å². The fraction of sp³-hybridized carbons (Fsp3) is 0.333. The molecule has 0 aliphatic heterocycles. The maximum atomic E-state index is 11.7. The van der Waals surface area contributed by atoms with E-state index in [4.69, 9.17) is 5.21 Å². The average Bonchev–Trinajstić information content (AvgIpc) is 3.49. The van der Waals surface area contributed by atoms with Crippen LogP contribution < -0.4 is 10.8 Å². The molecule has 12 heteroatoms. The normalized spacial score (nSPS) is 11.6. The van der Waals surface area contributed by atoms with Gasteiger partial charge in [-0.3, -0.25) is 14.7 Å². The molecule has 0 aliphatic rings. The maximum Gasteiger partial charge on any atom is 0.243 e. The zero-order chi connectivity index (χ0) is 25.5. The van der Waals surface area contributed by atoms with Gasteiger partial charge >= 0.3 is 0 Å². The topological polar surface area (TPSA) is 144 Å². The molecule has 4 aromatic rings. The molecule has 11 nitrogen and oxygen atoms in total. The van der Waals surface area contributed by atoms with E-state index in [9.17, 15) is 13.2 Å². The Bertz CT molecular complexity index is 1430. The molecule has 0 spiro atoms. The molecular weight excluding hydrogens is 482 g/mol. The quantitative estimate of drug-likeness (QED) is 0.149. The number of carbonyl (C=O) groups is 1. The van der Waals surface area contributed by atoms with Crippen molar-refractivity contribution in [2.24, 2.45) is 0 Å². The van der Waals surface area contributed by atoms with Gasteiger partial charge in [-0.05, 0) is 43.2 Å². The minimum atomic E-state index is -3.26. The second kappa shape index (κ2) is 11.3. The molecule has 0 atom stereocenters. The predicted molar refractivity (Wildman–Crippen MR) is 135 cm³/mol. The molecule has 3 N–H and O–H groups in total. The minimum Gasteiger partial charge on any atom is -0.321 e. The highest BCUT2D eigenvalue weighted by molar-refractivity contribution is 7.90. The number of anilines is 2. The first-order valence-corrected chi connectivity index (χ1v) is 13.6. The van der Waals surface area contributed by atoms with Gasteiger partial charge in [0.05, 0.1) is 16.8 Å². The third-order valence-electron chi connectivity index (χ3n) is 5.78. The summed E-state index contributed by atoms with van der Waals surface area (Å²) in [4.78, 5) is 20.3. The molecule has 0 bridgehead atoms. The van der Waals surface area contributed by atoms with Gasteiger partial charge < -0.3 is 9.88 Å². The summed E-state index contributed by atoms with van der Waals surface area (Å²) in [5.74, 6) is 0.0906. The largest absolute Gasteiger partial charge is 0.321 e. The zero-order valence-electron chi connectivity index (χ0n) is 20.0. The van der Waals surface area contributed by atoms with E-state index in [-0.39, 0.29) is 10.8 Å². The Morgan fingerprint density at radius 3 is 2.53 bits per heavy atom. The fourth-order valence-electron chi connectivity index (χ4n) is 3.87. The van der Waals surface area contributed by atoms with Gasteiger partial charge in [0.1, 0.15) is 5.65 Å². The molecule has 190 valence electrons. The number of hydroxylamine groups is 1. The molecule has 3 heterocycles. The first-order chi connectivity index (χ1) is 17.3. The lowest BCUT2D eigenvalue weighted by Gasteiger charge is -2.07. The summed E-state index contributed by atoms with van der Waals surface area (Å²) in [7, 11) is -3.26. The van der Waals surface area contributed by atoms with Crippen LogP contribution in [0.4, 0.5) is 11.6 Å². The number of hydrogen-bond acceptors (Lipinski definition) is 8. The Kier molecular flexibility index (Phi) is 7.96. The van der Waals surface area contributed by atoms with Crippen molar-refractivity contribution in [3.05, 3.63) is 55.1 Å². The summed E-state index contributed by atoms with van der Waals surface area (Å²) in [6, 6.07) is 8.58. The minimum absolute atomic E-state index is 0.267. The van der Waals surface area contributed by atoms with Crippen LogP contribution in [-0.4, -0.2) is 50.1 Å². The second-order valence-electron chi connectivity index (χ2n) is 8.59. The summed E-state index contributed by atoms with van der Waals surface area (Å²) in [5.41, 5.74) is 3.92. The number of unbranched alkanes of at least 4 members (excludes halogenated alkanes) is 4. The number of fused-ring (bicyclic) bond motifs is 1. The van der Waals surface area contributed by atoms with Crippen LogP contribution in [0.1, 0.15) is 38.5 Å². The summed E-state index contributed by atoms with van der Waals surface area (Å²) in [6.07, 6.45) is 13.5. The molecular formula is C24H29N7O4S. The van der Waals surface area contributed by atoms with E-state index < -0.39 is 9.84 Å². The average molecular weight is 512 g/mol. The molecule has 1 aromatic carbocycles. The van der Waals surface area contributed by atoms with E-state index in [2.05, 4.69) is 20.4 Å².